The number of carbonyl (C=O) groups excluding carboxylic acids is 1. The summed E-state index contributed by atoms with van der Waals surface area (Å²) in [6, 6.07) is 4.27. The number of amides is 1. The molecule has 0 aromatic carbocycles. The van der Waals surface area contributed by atoms with Gasteiger partial charge in [-0.3, -0.25) is 9.78 Å². The van der Waals surface area contributed by atoms with Gasteiger partial charge in [0.05, 0.1) is 0 Å². The van der Waals surface area contributed by atoms with Gasteiger partial charge in [0, 0.05) is 24.9 Å². The second kappa shape index (κ2) is 7.11. The Labute approximate surface area is 108 Å². The highest BCUT2D eigenvalue weighted by Crippen LogP contribution is 2.06. The van der Waals surface area contributed by atoms with Crippen LogP contribution in [-0.2, 0) is 11.2 Å². The molecule has 1 atom stereocenters. The van der Waals surface area contributed by atoms with Crippen LogP contribution in [0, 0.1) is 0 Å². The topological polar surface area (TPSA) is 54.0 Å². The van der Waals surface area contributed by atoms with Crippen LogP contribution < -0.4 is 10.6 Å². The van der Waals surface area contributed by atoms with Gasteiger partial charge in [0.2, 0.25) is 5.91 Å². The molecule has 0 saturated carbocycles. The summed E-state index contributed by atoms with van der Waals surface area (Å²) in [5, 5.41) is 6.48. The number of carbonyl (C=O) groups is 1. The minimum Gasteiger partial charge on any atom is -0.353 e. The van der Waals surface area contributed by atoms with Crippen molar-refractivity contribution >= 4 is 5.91 Å². The first-order valence-electron chi connectivity index (χ1n) is 6.73. The molecule has 1 saturated heterocycles. The van der Waals surface area contributed by atoms with Crippen molar-refractivity contribution < 1.29 is 4.79 Å². The second-order valence-electron chi connectivity index (χ2n) is 4.81. The predicted octanol–water partition coefficient (Wildman–Crippen LogP) is 1.27. The third kappa shape index (κ3) is 4.45. The number of nitrogens with zero attached hydrogens (tertiary/aromatic N) is 1. The highest BCUT2D eigenvalue weighted by atomic mass is 16.1. The third-order valence-electron chi connectivity index (χ3n) is 3.30. The Bertz CT molecular complexity index is 359. The summed E-state index contributed by atoms with van der Waals surface area (Å²) in [5.74, 6) is 0.158. The van der Waals surface area contributed by atoms with Crippen molar-refractivity contribution in [3.8, 4) is 0 Å². The van der Waals surface area contributed by atoms with Gasteiger partial charge < -0.3 is 10.6 Å². The van der Waals surface area contributed by atoms with E-state index in [-0.39, 0.29) is 5.91 Å². The first-order valence-corrected chi connectivity index (χ1v) is 6.73. The minimum atomic E-state index is 0.158. The Balaban J connectivity index is 1.71. The van der Waals surface area contributed by atoms with Crippen molar-refractivity contribution in [2.24, 2.45) is 0 Å². The number of aryl methyl sites for hydroxylation is 1. The summed E-state index contributed by atoms with van der Waals surface area (Å²) in [7, 11) is 0. The Kier molecular flexibility index (Phi) is 5.15. The van der Waals surface area contributed by atoms with E-state index in [0.717, 1.165) is 44.3 Å². The molecule has 0 radical (unpaired) electrons. The zero-order valence-electron chi connectivity index (χ0n) is 10.7. The summed E-state index contributed by atoms with van der Waals surface area (Å²) in [6.45, 7) is 2.08. The lowest BCUT2D eigenvalue weighted by molar-refractivity contribution is -0.121. The molecule has 2 rings (SSSR count). The van der Waals surface area contributed by atoms with Crippen molar-refractivity contribution in [1.29, 1.82) is 0 Å². The molecule has 0 bridgehead atoms. The molecule has 1 unspecified atom stereocenters. The highest BCUT2D eigenvalue weighted by Gasteiger charge is 2.14. The zero-order valence-corrected chi connectivity index (χ0v) is 10.7. The third-order valence-corrected chi connectivity index (χ3v) is 3.30. The number of nitrogens with one attached hydrogen (secondary N) is 2. The van der Waals surface area contributed by atoms with Crippen LogP contribution in [0.4, 0.5) is 0 Å². The largest absolute Gasteiger partial charge is 0.353 e. The summed E-state index contributed by atoms with van der Waals surface area (Å²) >= 11 is 0. The molecule has 1 fully saturated rings. The zero-order chi connectivity index (χ0) is 12.6. The van der Waals surface area contributed by atoms with Crippen LogP contribution in [0.25, 0.3) is 0 Å². The molecule has 98 valence electrons. The lowest BCUT2D eigenvalue weighted by Gasteiger charge is -2.15. The SMILES string of the molecule is O=C(CCc1cccnc1)NC1CCCNCC1. The number of hydrogen-bond donors (Lipinski definition) is 2. The number of rotatable bonds is 4. The average molecular weight is 247 g/mol. The lowest BCUT2D eigenvalue weighted by atomic mass is 10.1. The molecule has 4 heteroatoms. The van der Waals surface area contributed by atoms with Crippen LogP contribution in [0.1, 0.15) is 31.2 Å². The molecule has 1 amide bonds. The Morgan fingerprint density at radius 3 is 3.22 bits per heavy atom. The molecule has 1 aliphatic heterocycles. The first-order chi connectivity index (χ1) is 8.84. The second-order valence-corrected chi connectivity index (χ2v) is 4.81. The van der Waals surface area contributed by atoms with E-state index in [1.807, 2.05) is 18.3 Å². The first kappa shape index (κ1) is 13.0. The summed E-state index contributed by atoms with van der Waals surface area (Å²) in [4.78, 5) is 15.9. The molecule has 2 heterocycles. The van der Waals surface area contributed by atoms with Gasteiger partial charge in [-0.25, -0.2) is 0 Å². The van der Waals surface area contributed by atoms with E-state index in [1.165, 1.54) is 0 Å². The number of aromatic nitrogens is 1. The fourth-order valence-corrected chi connectivity index (χ4v) is 2.27. The van der Waals surface area contributed by atoms with Crippen LogP contribution in [0.2, 0.25) is 0 Å². The van der Waals surface area contributed by atoms with Crippen molar-refractivity contribution in [1.82, 2.24) is 15.6 Å². The van der Waals surface area contributed by atoms with Gasteiger partial charge in [0.1, 0.15) is 0 Å². The van der Waals surface area contributed by atoms with E-state index in [2.05, 4.69) is 15.6 Å². The molecule has 0 aliphatic carbocycles. The van der Waals surface area contributed by atoms with Crippen molar-refractivity contribution in [3.05, 3.63) is 30.1 Å². The highest BCUT2D eigenvalue weighted by molar-refractivity contribution is 5.76. The Hall–Kier alpha value is -1.42. The van der Waals surface area contributed by atoms with Crippen molar-refractivity contribution in [2.75, 3.05) is 13.1 Å². The van der Waals surface area contributed by atoms with Gasteiger partial charge in [-0.1, -0.05) is 6.07 Å². The monoisotopic (exact) mass is 247 g/mol. The lowest BCUT2D eigenvalue weighted by Crippen LogP contribution is -2.35. The molecule has 4 nitrogen and oxygen atoms in total. The minimum absolute atomic E-state index is 0.158. The predicted molar refractivity (Wildman–Crippen MR) is 71.2 cm³/mol. The van der Waals surface area contributed by atoms with Gasteiger partial charge in [0.25, 0.3) is 0 Å². The normalized spacial score (nSPS) is 20.1. The van der Waals surface area contributed by atoms with Crippen molar-refractivity contribution in [3.63, 3.8) is 0 Å². The molecule has 0 spiro atoms. The Morgan fingerprint density at radius 1 is 1.44 bits per heavy atom. The maximum absolute atomic E-state index is 11.8. The number of hydrogen-bond acceptors (Lipinski definition) is 3. The summed E-state index contributed by atoms with van der Waals surface area (Å²) in [5.41, 5.74) is 1.12. The van der Waals surface area contributed by atoms with Crippen LogP contribution in [-0.4, -0.2) is 30.0 Å². The van der Waals surface area contributed by atoms with Gasteiger partial charge in [-0.2, -0.15) is 0 Å². The summed E-state index contributed by atoms with van der Waals surface area (Å²) < 4.78 is 0. The van der Waals surface area contributed by atoms with Crippen molar-refractivity contribution in [2.45, 2.75) is 38.1 Å². The maximum Gasteiger partial charge on any atom is 0.220 e. The van der Waals surface area contributed by atoms with E-state index in [0.29, 0.717) is 12.5 Å². The fraction of sp³-hybridized carbons (Fsp3) is 0.571. The molecule has 18 heavy (non-hydrogen) atoms. The van der Waals surface area contributed by atoms with Gasteiger partial charge in [0.15, 0.2) is 0 Å². The molecular formula is C14H21N3O. The van der Waals surface area contributed by atoms with Crippen LogP contribution in [0.3, 0.4) is 0 Å². The van der Waals surface area contributed by atoms with Crippen LogP contribution in [0.15, 0.2) is 24.5 Å². The van der Waals surface area contributed by atoms with Crippen LogP contribution in [0.5, 0.6) is 0 Å². The van der Waals surface area contributed by atoms with E-state index < -0.39 is 0 Å². The summed E-state index contributed by atoms with van der Waals surface area (Å²) in [6.07, 6.45) is 8.17. The van der Waals surface area contributed by atoms with E-state index in [1.54, 1.807) is 6.20 Å². The fourth-order valence-electron chi connectivity index (χ4n) is 2.27. The van der Waals surface area contributed by atoms with Gasteiger partial charge in [-0.15, -0.1) is 0 Å². The molecule has 1 aromatic rings. The molecule has 1 aromatic heterocycles. The molecular weight excluding hydrogens is 226 g/mol. The molecule has 2 N–H and O–H groups in total. The van der Waals surface area contributed by atoms with Crippen LogP contribution >= 0.6 is 0 Å². The van der Waals surface area contributed by atoms with Gasteiger partial charge >= 0.3 is 0 Å². The number of pyridine rings is 1. The smallest absolute Gasteiger partial charge is 0.220 e. The van der Waals surface area contributed by atoms with E-state index >= 15 is 0 Å². The maximum atomic E-state index is 11.8. The molecule has 1 aliphatic rings. The van der Waals surface area contributed by atoms with Gasteiger partial charge in [-0.05, 0) is 50.4 Å². The van der Waals surface area contributed by atoms with E-state index in [4.69, 9.17) is 0 Å². The standard InChI is InChI=1S/C14H21N3O/c18-14(6-5-12-3-1-9-16-11-12)17-13-4-2-8-15-10-7-13/h1,3,9,11,13,15H,2,4-8,10H2,(H,17,18). The quantitative estimate of drug-likeness (QED) is 0.842. The Morgan fingerprint density at radius 2 is 2.39 bits per heavy atom. The van der Waals surface area contributed by atoms with E-state index in [9.17, 15) is 4.79 Å². The average Bonchev–Trinajstić information content (AvgIpc) is 2.66.